The van der Waals surface area contributed by atoms with Gasteiger partial charge in [0.2, 0.25) is 5.75 Å². The molecule has 0 atom stereocenters. The maximum atomic E-state index is 5.61. The standard InChI is InChI=1S/C14H19O3/c1-5-15-12-8-7-9-13(14(12)16-6-2)17-10-11(3)4/h7,9H,3,5-6,10H2,1-2,4H3. The van der Waals surface area contributed by atoms with Gasteiger partial charge in [0.1, 0.15) is 6.61 Å². The van der Waals surface area contributed by atoms with Crippen molar-refractivity contribution >= 4 is 0 Å². The van der Waals surface area contributed by atoms with Gasteiger partial charge >= 0.3 is 0 Å². The first-order chi connectivity index (χ1) is 8.19. The molecule has 0 spiro atoms. The third-order valence-electron chi connectivity index (χ3n) is 1.93. The molecule has 0 aliphatic rings. The predicted octanol–water partition coefficient (Wildman–Crippen LogP) is 3.24. The van der Waals surface area contributed by atoms with Crippen LogP contribution in [-0.4, -0.2) is 19.8 Å². The molecule has 0 aromatic heterocycles. The zero-order valence-corrected chi connectivity index (χ0v) is 10.7. The van der Waals surface area contributed by atoms with Crippen molar-refractivity contribution in [3.05, 3.63) is 30.4 Å². The van der Waals surface area contributed by atoms with Crippen molar-refractivity contribution in [3.8, 4) is 17.2 Å². The van der Waals surface area contributed by atoms with Crippen LogP contribution in [0.1, 0.15) is 20.8 Å². The highest BCUT2D eigenvalue weighted by Gasteiger charge is 2.12. The van der Waals surface area contributed by atoms with Crippen LogP contribution in [0.25, 0.3) is 0 Å². The van der Waals surface area contributed by atoms with E-state index in [1.807, 2.05) is 26.8 Å². The minimum atomic E-state index is 0.468. The Morgan fingerprint density at radius 2 is 1.94 bits per heavy atom. The summed E-state index contributed by atoms with van der Waals surface area (Å²) in [7, 11) is 0. The topological polar surface area (TPSA) is 27.7 Å². The van der Waals surface area contributed by atoms with Crippen LogP contribution in [0.15, 0.2) is 24.3 Å². The van der Waals surface area contributed by atoms with Gasteiger partial charge in [0.25, 0.3) is 0 Å². The van der Waals surface area contributed by atoms with Crippen LogP contribution < -0.4 is 14.2 Å². The summed E-state index contributed by atoms with van der Waals surface area (Å²) in [5.41, 5.74) is 0.957. The fourth-order valence-corrected chi connectivity index (χ4v) is 1.29. The molecule has 0 N–H and O–H groups in total. The highest BCUT2D eigenvalue weighted by Crippen LogP contribution is 2.36. The second-order valence-corrected chi connectivity index (χ2v) is 3.61. The van der Waals surface area contributed by atoms with E-state index in [0.717, 1.165) is 5.57 Å². The lowest BCUT2D eigenvalue weighted by atomic mass is 10.3. The molecule has 1 rings (SSSR count). The van der Waals surface area contributed by atoms with Gasteiger partial charge in [0, 0.05) is 6.07 Å². The van der Waals surface area contributed by atoms with Gasteiger partial charge in [-0.25, -0.2) is 0 Å². The number of hydrogen-bond donors (Lipinski definition) is 0. The first-order valence-electron chi connectivity index (χ1n) is 5.76. The molecule has 1 aromatic carbocycles. The van der Waals surface area contributed by atoms with E-state index in [1.165, 1.54) is 0 Å². The highest BCUT2D eigenvalue weighted by molar-refractivity contribution is 5.50. The number of rotatable bonds is 7. The normalized spacial score (nSPS) is 9.82. The third-order valence-corrected chi connectivity index (χ3v) is 1.93. The molecular formula is C14H19O3. The minimum Gasteiger partial charge on any atom is -0.489 e. The van der Waals surface area contributed by atoms with Gasteiger partial charge in [0.15, 0.2) is 11.5 Å². The van der Waals surface area contributed by atoms with Crippen LogP contribution in [0.4, 0.5) is 0 Å². The monoisotopic (exact) mass is 235 g/mol. The summed E-state index contributed by atoms with van der Waals surface area (Å²) in [6, 6.07) is 6.58. The van der Waals surface area contributed by atoms with Crippen molar-refractivity contribution in [1.82, 2.24) is 0 Å². The molecule has 0 unspecified atom stereocenters. The average Bonchev–Trinajstić information content (AvgIpc) is 2.30. The van der Waals surface area contributed by atoms with Gasteiger partial charge in [0.05, 0.1) is 13.2 Å². The Bertz CT molecular complexity index is 372. The molecule has 0 fully saturated rings. The second-order valence-electron chi connectivity index (χ2n) is 3.61. The summed E-state index contributed by atoms with van der Waals surface area (Å²) in [4.78, 5) is 0. The average molecular weight is 235 g/mol. The summed E-state index contributed by atoms with van der Waals surface area (Å²) in [6.07, 6.45) is 0. The molecule has 1 aromatic rings. The molecule has 0 amide bonds. The maximum Gasteiger partial charge on any atom is 0.204 e. The smallest absolute Gasteiger partial charge is 0.204 e. The SMILES string of the molecule is C=C(C)COc1cc[c]c(OCC)c1OCC. The second kappa shape index (κ2) is 6.84. The van der Waals surface area contributed by atoms with Gasteiger partial charge in [-0.15, -0.1) is 0 Å². The van der Waals surface area contributed by atoms with Gasteiger partial charge in [-0.2, -0.15) is 0 Å². The summed E-state index contributed by atoms with van der Waals surface area (Å²) in [5.74, 6) is 1.86. The number of hydrogen-bond acceptors (Lipinski definition) is 3. The Balaban J connectivity index is 2.92. The quantitative estimate of drug-likeness (QED) is 0.679. The van der Waals surface area contributed by atoms with E-state index in [9.17, 15) is 0 Å². The predicted molar refractivity (Wildman–Crippen MR) is 67.9 cm³/mol. The fraction of sp³-hybridized carbons (Fsp3) is 0.429. The first kappa shape index (κ1) is 13.4. The molecule has 3 heteroatoms. The Hall–Kier alpha value is -1.64. The molecule has 3 nitrogen and oxygen atoms in total. The zero-order valence-electron chi connectivity index (χ0n) is 10.7. The van der Waals surface area contributed by atoms with Crippen LogP contribution in [0.3, 0.4) is 0 Å². The lowest BCUT2D eigenvalue weighted by molar-refractivity contribution is 0.263. The van der Waals surface area contributed by atoms with Crippen molar-refractivity contribution in [2.24, 2.45) is 0 Å². The van der Waals surface area contributed by atoms with Crippen LogP contribution >= 0.6 is 0 Å². The van der Waals surface area contributed by atoms with Crippen molar-refractivity contribution in [1.29, 1.82) is 0 Å². The Morgan fingerprint density at radius 3 is 2.53 bits per heavy atom. The molecule has 17 heavy (non-hydrogen) atoms. The van der Waals surface area contributed by atoms with Crippen molar-refractivity contribution in [2.45, 2.75) is 20.8 Å². The Labute approximate surface area is 103 Å². The third kappa shape index (κ3) is 4.02. The Morgan fingerprint density at radius 1 is 1.24 bits per heavy atom. The van der Waals surface area contributed by atoms with Gasteiger partial charge in [-0.05, 0) is 38.5 Å². The molecule has 0 heterocycles. The summed E-state index contributed by atoms with van der Waals surface area (Å²) < 4.78 is 16.6. The van der Waals surface area contributed by atoms with E-state index >= 15 is 0 Å². The molecule has 0 saturated carbocycles. The number of ether oxygens (including phenoxy) is 3. The fourth-order valence-electron chi connectivity index (χ4n) is 1.29. The molecule has 0 aliphatic heterocycles. The Kier molecular flexibility index (Phi) is 5.40. The summed E-state index contributed by atoms with van der Waals surface area (Å²) >= 11 is 0. The van der Waals surface area contributed by atoms with Crippen LogP contribution in [0.2, 0.25) is 0 Å². The maximum absolute atomic E-state index is 5.61. The van der Waals surface area contributed by atoms with E-state index < -0.39 is 0 Å². The van der Waals surface area contributed by atoms with E-state index in [0.29, 0.717) is 37.1 Å². The molecule has 1 radical (unpaired) electrons. The van der Waals surface area contributed by atoms with Crippen LogP contribution in [0.5, 0.6) is 17.2 Å². The first-order valence-corrected chi connectivity index (χ1v) is 5.76. The lowest BCUT2D eigenvalue weighted by Crippen LogP contribution is -2.03. The lowest BCUT2D eigenvalue weighted by Gasteiger charge is -2.15. The molecular weight excluding hydrogens is 216 g/mol. The van der Waals surface area contributed by atoms with Crippen molar-refractivity contribution in [2.75, 3.05) is 19.8 Å². The highest BCUT2D eigenvalue weighted by atomic mass is 16.5. The van der Waals surface area contributed by atoms with Gasteiger partial charge in [-0.1, -0.05) is 6.58 Å². The molecule has 0 aliphatic carbocycles. The van der Waals surface area contributed by atoms with E-state index in [4.69, 9.17) is 14.2 Å². The van der Waals surface area contributed by atoms with Crippen LogP contribution in [-0.2, 0) is 0 Å². The van der Waals surface area contributed by atoms with E-state index in [1.54, 1.807) is 6.07 Å². The van der Waals surface area contributed by atoms with Gasteiger partial charge in [-0.3, -0.25) is 0 Å². The van der Waals surface area contributed by atoms with Crippen molar-refractivity contribution in [3.63, 3.8) is 0 Å². The molecule has 0 bridgehead atoms. The van der Waals surface area contributed by atoms with Crippen LogP contribution in [0, 0.1) is 6.07 Å². The van der Waals surface area contributed by atoms with E-state index in [2.05, 4.69) is 12.6 Å². The summed E-state index contributed by atoms with van der Waals surface area (Å²) in [5, 5.41) is 0. The zero-order chi connectivity index (χ0) is 12.7. The minimum absolute atomic E-state index is 0.468. The summed E-state index contributed by atoms with van der Waals surface area (Å²) in [6.45, 7) is 11.2. The molecule has 0 saturated heterocycles. The molecule has 93 valence electrons. The van der Waals surface area contributed by atoms with E-state index in [-0.39, 0.29) is 0 Å². The van der Waals surface area contributed by atoms with Gasteiger partial charge < -0.3 is 14.2 Å². The number of benzene rings is 1. The van der Waals surface area contributed by atoms with Crippen molar-refractivity contribution < 1.29 is 14.2 Å². The largest absolute Gasteiger partial charge is 0.489 e.